The van der Waals surface area contributed by atoms with Crippen molar-refractivity contribution in [2.24, 2.45) is 0 Å². The van der Waals surface area contributed by atoms with Crippen molar-refractivity contribution in [2.75, 3.05) is 10.7 Å². The monoisotopic (exact) mass is 410 g/mol. The summed E-state index contributed by atoms with van der Waals surface area (Å²) in [7, 11) is 0. The minimum Gasteiger partial charge on any atom is -0.508 e. The molecule has 3 atom stereocenters. The Labute approximate surface area is 171 Å². The lowest BCUT2D eigenvalue weighted by molar-refractivity contribution is -0.123. The van der Waals surface area contributed by atoms with E-state index in [1.54, 1.807) is 65.8 Å². The number of benzene rings is 2. The number of nitrogens with zero attached hydrogens (tertiary/aromatic N) is 2. The molecule has 2 heterocycles. The zero-order valence-corrected chi connectivity index (χ0v) is 16.2. The molecule has 1 fully saturated rings. The van der Waals surface area contributed by atoms with Crippen LogP contribution in [0.25, 0.3) is 0 Å². The van der Waals surface area contributed by atoms with Crippen LogP contribution in [0.2, 0.25) is 0 Å². The molecular weight excluding hydrogens is 391 g/mol. The van der Waals surface area contributed by atoms with E-state index in [9.17, 15) is 19.4 Å². The van der Waals surface area contributed by atoms with Gasteiger partial charge in [0.1, 0.15) is 16.8 Å². The molecule has 0 spiro atoms. The largest absolute Gasteiger partial charge is 0.508 e. The summed E-state index contributed by atoms with van der Waals surface area (Å²) < 4.78 is 13.3. The predicted octanol–water partition coefficient (Wildman–Crippen LogP) is 3.85. The zero-order valence-electron chi connectivity index (χ0n) is 15.4. The SMILES string of the molecule is O=C1C(SCC(O)c2ccncc2)C(c2ccc(O)cc2)N1c1ccc(F)cc1. The van der Waals surface area contributed by atoms with Crippen LogP contribution in [-0.4, -0.2) is 32.1 Å². The second-order valence-corrected chi connectivity index (χ2v) is 7.95. The molecule has 0 radical (unpaired) electrons. The van der Waals surface area contributed by atoms with Gasteiger partial charge in [0, 0.05) is 23.8 Å². The van der Waals surface area contributed by atoms with E-state index in [0.717, 1.165) is 11.1 Å². The van der Waals surface area contributed by atoms with Crippen LogP contribution in [0.15, 0.2) is 73.1 Å². The molecule has 1 aliphatic rings. The van der Waals surface area contributed by atoms with Gasteiger partial charge in [-0.3, -0.25) is 9.78 Å². The maximum atomic E-state index is 13.3. The summed E-state index contributed by atoms with van der Waals surface area (Å²) in [6.45, 7) is 0. The van der Waals surface area contributed by atoms with Gasteiger partial charge in [-0.1, -0.05) is 12.1 Å². The van der Waals surface area contributed by atoms with Crippen LogP contribution in [0, 0.1) is 5.82 Å². The van der Waals surface area contributed by atoms with Gasteiger partial charge >= 0.3 is 0 Å². The van der Waals surface area contributed by atoms with Crippen molar-refractivity contribution in [3.8, 4) is 5.75 Å². The first kappa shape index (κ1) is 19.4. The number of rotatable bonds is 6. The van der Waals surface area contributed by atoms with Crippen molar-refractivity contribution >= 4 is 23.4 Å². The summed E-state index contributed by atoms with van der Waals surface area (Å²) in [6.07, 6.45) is 2.52. The highest BCUT2D eigenvalue weighted by Gasteiger charge is 2.49. The van der Waals surface area contributed by atoms with E-state index in [2.05, 4.69) is 4.98 Å². The Morgan fingerprint density at radius 2 is 1.69 bits per heavy atom. The lowest BCUT2D eigenvalue weighted by atomic mass is 9.92. The fourth-order valence-corrected chi connectivity index (χ4v) is 4.69. The molecule has 0 aliphatic carbocycles. The van der Waals surface area contributed by atoms with Crippen LogP contribution >= 0.6 is 11.8 Å². The molecule has 4 rings (SSSR count). The number of aromatic hydroxyl groups is 1. The second-order valence-electron chi connectivity index (χ2n) is 6.77. The van der Waals surface area contributed by atoms with Gasteiger partial charge in [-0.25, -0.2) is 4.39 Å². The third kappa shape index (κ3) is 3.97. The number of amides is 1. The molecule has 148 valence electrons. The Morgan fingerprint density at radius 3 is 2.34 bits per heavy atom. The smallest absolute Gasteiger partial charge is 0.243 e. The van der Waals surface area contributed by atoms with E-state index in [0.29, 0.717) is 11.4 Å². The van der Waals surface area contributed by atoms with Crippen molar-refractivity contribution in [1.82, 2.24) is 4.98 Å². The number of pyridine rings is 1. The third-order valence-corrected chi connectivity index (χ3v) is 6.24. The number of aliphatic hydroxyl groups excluding tert-OH is 1. The Kier molecular flexibility index (Phi) is 5.51. The van der Waals surface area contributed by atoms with Crippen molar-refractivity contribution in [3.05, 3.63) is 90.0 Å². The van der Waals surface area contributed by atoms with E-state index >= 15 is 0 Å². The molecule has 1 amide bonds. The van der Waals surface area contributed by atoms with Crippen molar-refractivity contribution in [2.45, 2.75) is 17.4 Å². The highest BCUT2D eigenvalue weighted by Crippen LogP contribution is 2.46. The number of phenolic OH excluding ortho intramolecular Hbond substituents is 1. The quantitative estimate of drug-likeness (QED) is 0.604. The summed E-state index contributed by atoms with van der Waals surface area (Å²) in [5.41, 5.74) is 2.22. The van der Waals surface area contributed by atoms with Gasteiger partial charge in [0.05, 0.1) is 12.1 Å². The summed E-state index contributed by atoms with van der Waals surface area (Å²) >= 11 is 1.38. The molecule has 1 aromatic heterocycles. The molecular formula is C22H19FN2O3S. The van der Waals surface area contributed by atoms with Crippen LogP contribution in [0.3, 0.4) is 0 Å². The molecule has 0 bridgehead atoms. The minimum absolute atomic E-state index is 0.0957. The average Bonchev–Trinajstić information content (AvgIpc) is 2.74. The summed E-state index contributed by atoms with van der Waals surface area (Å²) in [4.78, 5) is 18.5. The van der Waals surface area contributed by atoms with Crippen LogP contribution in [0.4, 0.5) is 10.1 Å². The average molecular weight is 410 g/mol. The van der Waals surface area contributed by atoms with Crippen LogP contribution in [0.5, 0.6) is 5.75 Å². The molecule has 29 heavy (non-hydrogen) atoms. The van der Waals surface area contributed by atoms with E-state index in [1.807, 2.05) is 0 Å². The molecule has 3 aromatic rings. The van der Waals surface area contributed by atoms with Gasteiger partial charge in [-0.2, -0.15) is 0 Å². The molecule has 2 aromatic carbocycles. The Morgan fingerprint density at radius 1 is 1.03 bits per heavy atom. The lowest BCUT2D eigenvalue weighted by Gasteiger charge is -2.47. The number of aliphatic hydroxyl groups is 1. The first-order chi connectivity index (χ1) is 14.0. The molecule has 1 aliphatic heterocycles. The number of phenols is 1. The first-order valence-electron chi connectivity index (χ1n) is 9.12. The summed E-state index contributed by atoms with van der Waals surface area (Å²) in [5.74, 6) is 0.0349. The number of hydrogen-bond acceptors (Lipinski definition) is 5. The second kappa shape index (κ2) is 8.23. The number of halogens is 1. The minimum atomic E-state index is -0.712. The van der Waals surface area contributed by atoms with Gasteiger partial charge in [0.25, 0.3) is 0 Å². The van der Waals surface area contributed by atoms with E-state index in [-0.39, 0.29) is 28.8 Å². The normalized spacial score (nSPS) is 19.7. The van der Waals surface area contributed by atoms with Gasteiger partial charge in [-0.05, 0) is 59.7 Å². The Balaban J connectivity index is 1.56. The number of thioether (sulfide) groups is 1. The van der Waals surface area contributed by atoms with Crippen LogP contribution < -0.4 is 4.90 Å². The molecule has 0 saturated carbocycles. The molecule has 5 nitrogen and oxygen atoms in total. The number of β-lactam (4-membered cyclic amide) rings is 1. The fraction of sp³-hybridized carbons (Fsp3) is 0.182. The van der Waals surface area contributed by atoms with Crippen LogP contribution in [0.1, 0.15) is 23.3 Å². The van der Waals surface area contributed by atoms with Crippen molar-refractivity contribution < 1.29 is 19.4 Å². The number of aromatic nitrogens is 1. The standard InChI is InChI=1S/C22H19FN2O3S/c23-16-3-5-17(6-4-16)25-20(15-1-7-18(26)8-2-15)21(22(25)28)29-13-19(27)14-9-11-24-12-10-14/h1-12,19-21,26-27H,13H2. The number of hydrogen-bond donors (Lipinski definition) is 2. The Bertz CT molecular complexity index is 983. The van der Waals surface area contributed by atoms with Crippen LogP contribution in [-0.2, 0) is 4.79 Å². The van der Waals surface area contributed by atoms with Gasteiger partial charge in [0.2, 0.25) is 5.91 Å². The van der Waals surface area contributed by atoms with E-state index < -0.39 is 6.10 Å². The third-order valence-electron chi connectivity index (χ3n) is 4.91. The highest BCUT2D eigenvalue weighted by atomic mass is 32.2. The summed E-state index contributed by atoms with van der Waals surface area (Å²) in [5, 5.41) is 19.6. The van der Waals surface area contributed by atoms with E-state index in [4.69, 9.17) is 0 Å². The number of carbonyl (C=O) groups excluding carboxylic acids is 1. The Hall–Kier alpha value is -2.90. The van der Waals surface area contributed by atoms with Crippen molar-refractivity contribution in [1.29, 1.82) is 0 Å². The van der Waals surface area contributed by atoms with Crippen molar-refractivity contribution in [3.63, 3.8) is 0 Å². The lowest BCUT2D eigenvalue weighted by Crippen LogP contribution is -2.57. The fourth-order valence-electron chi connectivity index (χ4n) is 3.39. The topological polar surface area (TPSA) is 73.7 Å². The maximum Gasteiger partial charge on any atom is 0.243 e. The van der Waals surface area contributed by atoms with Gasteiger partial charge in [-0.15, -0.1) is 11.8 Å². The number of carbonyl (C=O) groups is 1. The molecule has 3 unspecified atom stereocenters. The number of anilines is 1. The molecule has 7 heteroatoms. The van der Waals surface area contributed by atoms with Gasteiger partial charge in [0.15, 0.2) is 0 Å². The maximum absolute atomic E-state index is 13.3. The first-order valence-corrected chi connectivity index (χ1v) is 10.2. The zero-order chi connectivity index (χ0) is 20.4. The van der Waals surface area contributed by atoms with E-state index in [1.165, 1.54) is 23.9 Å². The van der Waals surface area contributed by atoms with Gasteiger partial charge < -0.3 is 15.1 Å². The highest BCUT2D eigenvalue weighted by molar-refractivity contribution is 8.00. The molecule has 1 saturated heterocycles. The summed E-state index contributed by atoms with van der Waals surface area (Å²) in [6, 6.07) is 15.7. The predicted molar refractivity (Wildman–Crippen MR) is 110 cm³/mol. The molecule has 2 N–H and O–H groups in total.